The van der Waals surface area contributed by atoms with Gasteiger partial charge in [0.2, 0.25) is 5.91 Å². The molecule has 0 bridgehead atoms. The quantitative estimate of drug-likeness (QED) is 0.913. The van der Waals surface area contributed by atoms with Crippen molar-refractivity contribution < 1.29 is 9.59 Å². The zero-order chi connectivity index (χ0) is 18.0. The van der Waals surface area contributed by atoms with Gasteiger partial charge in [-0.15, -0.1) is 0 Å². The average molecular weight is 347 g/mol. The largest absolute Gasteiger partial charge is 0.340 e. The van der Waals surface area contributed by atoms with Crippen LogP contribution in [0.15, 0.2) is 6.20 Å². The van der Waals surface area contributed by atoms with Gasteiger partial charge in [0.05, 0.1) is 11.4 Å². The van der Waals surface area contributed by atoms with Crippen LogP contribution >= 0.6 is 0 Å². The van der Waals surface area contributed by atoms with Crippen LogP contribution in [-0.4, -0.2) is 57.2 Å². The third-order valence-corrected chi connectivity index (χ3v) is 5.20. The highest BCUT2D eigenvalue weighted by molar-refractivity contribution is 5.90. The minimum absolute atomic E-state index is 0.0710. The molecule has 0 saturated carbocycles. The van der Waals surface area contributed by atoms with E-state index >= 15 is 0 Å². The maximum Gasteiger partial charge on any atom is 0.321 e. The minimum atomic E-state index is -0.0710. The van der Waals surface area contributed by atoms with Crippen LogP contribution in [-0.2, 0) is 11.8 Å². The summed E-state index contributed by atoms with van der Waals surface area (Å²) in [5.41, 5.74) is 1.69. The fourth-order valence-corrected chi connectivity index (χ4v) is 3.82. The Kier molecular flexibility index (Phi) is 5.30. The lowest BCUT2D eigenvalue weighted by Gasteiger charge is -2.40. The van der Waals surface area contributed by atoms with Crippen molar-refractivity contribution in [2.75, 3.05) is 25.0 Å². The molecule has 0 unspecified atom stereocenters. The van der Waals surface area contributed by atoms with Gasteiger partial charge in [-0.2, -0.15) is 5.10 Å². The maximum atomic E-state index is 12.6. The molecule has 25 heavy (non-hydrogen) atoms. The molecule has 2 aliphatic heterocycles. The SMILES string of the molecule is CC(C)c1nn(C)cc1NC(=O)N1CCC(N2CCCCC2=O)CC1. The molecule has 2 fully saturated rings. The summed E-state index contributed by atoms with van der Waals surface area (Å²) in [5.74, 6) is 0.540. The first-order valence-electron chi connectivity index (χ1n) is 9.34. The molecule has 1 N–H and O–H groups in total. The van der Waals surface area contributed by atoms with E-state index in [0.717, 1.165) is 43.6 Å². The van der Waals surface area contributed by atoms with E-state index < -0.39 is 0 Å². The number of aromatic nitrogens is 2. The van der Waals surface area contributed by atoms with E-state index in [0.29, 0.717) is 25.6 Å². The number of hydrogen-bond acceptors (Lipinski definition) is 3. The predicted octanol–water partition coefficient (Wildman–Crippen LogP) is 2.55. The number of nitrogens with one attached hydrogen (secondary N) is 1. The summed E-state index contributed by atoms with van der Waals surface area (Å²) in [7, 11) is 1.86. The first-order chi connectivity index (χ1) is 12.0. The molecule has 0 atom stereocenters. The Hall–Kier alpha value is -2.05. The highest BCUT2D eigenvalue weighted by atomic mass is 16.2. The van der Waals surface area contributed by atoms with E-state index in [1.54, 1.807) is 4.68 Å². The zero-order valence-corrected chi connectivity index (χ0v) is 15.5. The van der Waals surface area contributed by atoms with Crippen LogP contribution in [0.5, 0.6) is 0 Å². The summed E-state index contributed by atoms with van der Waals surface area (Å²) >= 11 is 0. The molecule has 3 rings (SSSR count). The number of rotatable bonds is 3. The first-order valence-corrected chi connectivity index (χ1v) is 9.34. The average Bonchev–Trinajstić information content (AvgIpc) is 2.96. The normalized spacial score (nSPS) is 19.6. The molecule has 7 heteroatoms. The molecule has 1 aromatic heterocycles. The van der Waals surface area contributed by atoms with Gasteiger partial charge in [-0.1, -0.05) is 13.8 Å². The molecule has 2 aliphatic rings. The summed E-state index contributed by atoms with van der Waals surface area (Å²) in [6.07, 6.45) is 6.38. The highest BCUT2D eigenvalue weighted by Gasteiger charge is 2.31. The highest BCUT2D eigenvalue weighted by Crippen LogP contribution is 2.24. The second-order valence-electron chi connectivity index (χ2n) is 7.45. The Morgan fingerprint density at radius 2 is 1.96 bits per heavy atom. The Labute approximate surface area is 149 Å². The van der Waals surface area contributed by atoms with Crippen LogP contribution in [0.3, 0.4) is 0 Å². The molecular weight excluding hydrogens is 318 g/mol. The number of carbonyl (C=O) groups is 2. The topological polar surface area (TPSA) is 70.5 Å². The van der Waals surface area contributed by atoms with Gasteiger partial charge in [0.15, 0.2) is 0 Å². The minimum Gasteiger partial charge on any atom is -0.340 e. The smallest absolute Gasteiger partial charge is 0.321 e. The van der Waals surface area contributed by atoms with Crippen LogP contribution in [0.25, 0.3) is 0 Å². The molecule has 7 nitrogen and oxygen atoms in total. The third kappa shape index (κ3) is 3.96. The zero-order valence-electron chi connectivity index (χ0n) is 15.5. The first kappa shape index (κ1) is 17.8. The van der Waals surface area contributed by atoms with E-state index in [-0.39, 0.29) is 17.9 Å². The summed E-state index contributed by atoms with van der Waals surface area (Å²) in [6, 6.07) is 0.222. The standard InChI is InChI=1S/C18H29N5O2/c1-13(2)17-15(12-21(3)20-17)19-18(25)22-10-7-14(8-11-22)23-9-5-4-6-16(23)24/h12-14H,4-11H2,1-3H3,(H,19,25). The molecule has 138 valence electrons. The lowest BCUT2D eigenvalue weighted by atomic mass is 10.00. The monoisotopic (exact) mass is 347 g/mol. The predicted molar refractivity (Wildman–Crippen MR) is 96.5 cm³/mol. The van der Waals surface area contributed by atoms with Crippen LogP contribution < -0.4 is 5.32 Å². The number of piperidine rings is 2. The van der Waals surface area contributed by atoms with Gasteiger partial charge in [0, 0.05) is 45.3 Å². The summed E-state index contributed by atoms with van der Waals surface area (Å²) < 4.78 is 1.74. The van der Waals surface area contributed by atoms with E-state index in [1.807, 2.05) is 23.0 Å². The fourth-order valence-electron chi connectivity index (χ4n) is 3.82. The van der Waals surface area contributed by atoms with Gasteiger partial charge in [0.1, 0.15) is 0 Å². The maximum absolute atomic E-state index is 12.6. The molecule has 3 amide bonds. The van der Waals surface area contributed by atoms with Gasteiger partial charge in [0.25, 0.3) is 0 Å². The Balaban J connectivity index is 1.56. The van der Waals surface area contributed by atoms with Gasteiger partial charge in [-0.3, -0.25) is 9.48 Å². The number of anilines is 1. The van der Waals surface area contributed by atoms with Crippen molar-refractivity contribution in [1.29, 1.82) is 0 Å². The third-order valence-electron chi connectivity index (χ3n) is 5.20. The fraction of sp³-hybridized carbons (Fsp3) is 0.722. The van der Waals surface area contributed by atoms with Crippen LogP contribution in [0.4, 0.5) is 10.5 Å². The van der Waals surface area contributed by atoms with Gasteiger partial charge >= 0.3 is 6.03 Å². The van der Waals surface area contributed by atoms with Crippen molar-refractivity contribution in [3.8, 4) is 0 Å². The number of amides is 3. The number of carbonyl (C=O) groups excluding carboxylic acids is 2. The number of nitrogens with zero attached hydrogens (tertiary/aromatic N) is 4. The number of likely N-dealkylation sites (tertiary alicyclic amines) is 2. The number of urea groups is 1. The van der Waals surface area contributed by atoms with Crippen LogP contribution in [0.2, 0.25) is 0 Å². The van der Waals surface area contributed by atoms with Gasteiger partial charge < -0.3 is 15.1 Å². The van der Waals surface area contributed by atoms with Crippen molar-refractivity contribution in [2.45, 2.75) is 57.9 Å². The second kappa shape index (κ2) is 7.45. The molecule has 2 saturated heterocycles. The molecule has 0 aromatic carbocycles. The lowest BCUT2D eigenvalue weighted by Crippen LogP contribution is -2.50. The van der Waals surface area contributed by atoms with E-state index in [9.17, 15) is 9.59 Å². The number of aryl methyl sites for hydroxylation is 1. The summed E-state index contributed by atoms with van der Waals surface area (Å²) in [4.78, 5) is 28.6. The Morgan fingerprint density at radius 3 is 2.60 bits per heavy atom. The molecule has 3 heterocycles. The second-order valence-corrected chi connectivity index (χ2v) is 7.45. The van der Waals surface area contributed by atoms with Crippen molar-refractivity contribution in [3.63, 3.8) is 0 Å². The van der Waals surface area contributed by atoms with Crippen molar-refractivity contribution in [3.05, 3.63) is 11.9 Å². The molecule has 1 aromatic rings. The Morgan fingerprint density at radius 1 is 1.24 bits per heavy atom. The molecule has 0 aliphatic carbocycles. The summed E-state index contributed by atoms with van der Waals surface area (Å²) in [5, 5.41) is 7.44. The molecule has 0 spiro atoms. The van der Waals surface area contributed by atoms with E-state index in [4.69, 9.17) is 0 Å². The molecular formula is C18H29N5O2. The van der Waals surface area contributed by atoms with Gasteiger partial charge in [-0.25, -0.2) is 4.79 Å². The lowest BCUT2D eigenvalue weighted by molar-refractivity contribution is -0.136. The Bertz CT molecular complexity index is 631. The number of hydrogen-bond donors (Lipinski definition) is 1. The van der Waals surface area contributed by atoms with Crippen molar-refractivity contribution in [2.24, 2.45) is 7.05 Å². The van der Waals surface area contributed by atoms with Gasteiger partial charge in [-0.05, 0) is 31.6 Å². The summed E-state index contributed by atoms with van der Waals surface area (Å²) in [6.45, 7) is 6.40. The van der Waals surface area contributed by atoms with Crippen molar-refractivity contribution >= 4 is 17.6 Å². The van der Waals surface area contributed by atoms with Crippen LogP contribution in [0.1, 0.15) is 57.6 Å². The van der Waals surface area contributed by atoms with E-state index in [2.05, 4.69) is 24.3 Å². The van der Waals surface area contributed by atoms with E-state index in [1.165, 1.54) is 0 Å². The van der Waals surface area contributed by atoms with Crippen molar-refractivity contribution in [1.82, 2.24) is 19.6 Å². The molecule has 0 radical (unpaired) electrons. The van der Waals surface area contributed by atoms with Crippen LogP contribution in [0, 0.1) is 0 Å².